The molecule has 0 radical (unpaired) electrons. The first-order valence-corrected chi connectivity index (χ1v) is 11.2. The van der Waals surface area contributed by atoms with E-state index in [9.17, 15) is 14.7 Å². The highest BCUT2D eigenvalue weighted by Gasteiger charge is 2.65. The highest BCUT2D eigenvalue weighted by Crippen LogP contribution is 2.49. The van der Waals surface area contributed by atoms with Gasteiger partial charge in [-0.15, -0.1) is 0 Å². The number of carbonyl (C=O) groups excluding carboxylic acids is 2. The number of carbonyl (C=O) groups is 2. The fourth-order valence-corrected chi connectivity index (χ4v) is 4.25. The summed E-state index contributed by atoms with van der Waals surface area (Å²) in [7, 11) is 0. The van der Waals surface area contributed by atoms with Gasteiger partial charge in [0.15, 0.2) is 11.9 Å². The van der Waals surface area contributed by atoms with Gasteiger partial charge >= 0.3 is 11.9 Å². The molecular weight excluding hydrogens is 430 g/mol. The zero-order chi connectivity index (χ0) is 24.7. The molecule has 3 heterocycles. The zero-order valence-electron chi connectivity index (χ0n) is 20.0. The predicted octanol–water partition coefficient (Wildman–Crippen LogP) is 0.262. The van der Waals surface area contributed by atoms with Crippen LogP contribution in [0.2, 0.25) is 0 Å². The van der Waals surface area contributed by atoms with E-state index in [4.69, 9.17) is 25.7 Å². The number of ether oxygens (including phenoxy) is 3. The molecule has 0 aromatic heterocycles. The van der Waals surface area contributed by atoms with E-state index in [1.165, 1.54) is 6.34 Å². The van der Waals surface area contributed by atoms with E-state index in [0.29, 0.717) is 18.0 Å². The molecule has 5 N–H and O–H groups in total. The Bertz CT molecular complexity index is 887. The van der Waals surface area contributed by atoms with Gasteiger partial charge in [0.1, 0.15) is 36.8 Å². The fraction of sp³-hybridized carbons (Fsp3) is 0.727. The number of nitrogens with zero attached hydrogens (tertiary/aromatic N) is 3. The van der Waals surface area contributed by atoms with Gasteiger partial charge in [-0.25, -0.2) is 4.99 Å². The highest BCUT2D eigenvalue weighted by molar-refractivity contribution is 6.02. The Morgan fingerprint density at radius 2 is 1.97 bits per heavy atom. The minimum atomic E-state index is -1.28. The summed E-state index contributed by atoms with van der Waals surface area (Å²) in [5.74, 6) is -1.29. The Balaban J connectivity index is 1.90. The van der Waals surface area contributed by atoms with Crippen LogP contribution in [0.25, 0.3) is 0 Å². The summed E-state index contributed by atoms with van der Waals surface area (Å²) < 4.78 is 17.4. The summed E-state index contributed by atoms with van der Waals surface area (Å²) in [5, 5.41) is 17.5. The third-order valence-corrected chi connectivity index (χ3v) is 6.83. The Labute approximate surface area is 193 Å². The second-order valence-electron chi connectivity index (χ2n) is 9.79. The lowest BCUT2D eigenvalue weighted by atomic mass is 9.76. The van der Waals surface area contributed by atoms with E-state index in [2.05, 4.69) is 10.1 Å². The molecule has 6 atom stereocenters. The van der Waals surface area contributed by atoms with E-state index in [1.807, 2.05) is 13.0 Å². The van der Waals surface area contributed by atoms with Gasteiger partial charge in [0.05, 0.1) is 17.2 Å². The van der Waals surface area contributed by atoms with Crippen molar-refractivity contribution in [2.45, 2.75) is 83.5 Å². The van der Waals surface area contributed by atoms with Gasteiger partial charge in [-0.2, -0.15) is 5.10 Å². The second-order valence-corrected chi connectivity index (χ2v) is 9.79. The van der Waals surface area contributed by atoms with Crippen LogP contribution in [-0.4, -0.2) is 76.3 Å². The summed E-state index contributed by atoms with van der Waals surface area (Å²) >= 11 is 0. The molecule has 0 aromatic rings. The maximum absolute atomic E-state index is 12.7. The van der Waals surface area contributed by atoms with Crippen LogP contribution >= 0.6 is 0 Å². The summed E-state index contributed by atoms with van der Waals surface area (Å²) in [6.45, 7) is 10.4. The first kappa shape index (κ1) is 25.1. The smallest absolute Gasteiger partial charge is 0.323 e. The SMILES string of the molecule is CC(C)C(=O)OC[C@H]1O[C@@](C)(C2(C)CC=C3C(N)=NC=NN32)[C@H](O)[C@@H]1OC(=O)[C@@H](N)C(C)C. The fourth-order valence-electron chi connectivity index (χ4n) is 4.25. The van der Waals surface area contributed by atoms with Crippen molar-refractivity contribution in [3.63, 3.8) is 0 Å². The Morgan fingerprint density at radius 1 is 1.30 bits per heavy atom. The van der Waals surface area contributed by atoms with Crippen LogP contribution in [0.15, 0.2) is 21.9 Å². The van der Waals surface area contributed by atoms with E-state index < -0.39 is 47.4 Å². The van der Waals surface area contributed by atoms with Gasteiger partial charge in [-0.3, -0.25) is 14.6 Å². The topological polar surface area (TPSA) is 162 Å². The standard InChI is InChI=1S/C22H35N5O6/c1-11(2)15(23)20(30)32-16-14(9-31-19(29)12(3)4)33-22(6,17(16)28)21(5)8-7-13-18(24)25-10-26-27(13)21/h7,10-12,14-17,28H,8-9,23H2,1-6H3,(H2,24,25,26)/t14-,15+,16-,17-,21?,22-/m1/s1. The van der Waals surface area contributed by atoms with Crippen LogP contribution in [0.5, 0.6) is 0 Å². The molecule has 1 fully saturated rings. The number of hydrazone groups is 1. The van der Waals surface area contributed by atoms with Crippen LogP contribution in [-0.2, 0) is 23.8 Å². The number of rotatable bonds is 7. The number of hydrogen-bond donors (Lipinski definition) is 3. The second kappa shape index (κ2) is 9.03. The van der Waals surface area contributed by atoms with E-state index in [0.717, 1.165) is 0 Å². The molecule has 11 heteroatoms. The normalized spacial score (nSPS) is 34.2. The lowest BCUT2D eigenvalue weighted by Crippen LogP contribution is -2.63. The van der Waals surface area contributed by atoms with E-state index in [-0.39, 0.29) is 18.4 Å². The number of hydrogen-bond acceptors (Lipinski definition) is 11. The van der Waals surface area contributed by atoms with Crippen LogP contribution in [0, 0.1) is 11.8 Å². The molecule has 0 amide bonds. The van der Waals surface area contributed by atoms with E-state index >= 15 is 0 Å². The molecule has 3 rings (SSSR count). The van der Waals surface area contributed by atoms with Crippen molar-refractivity contribution >= 4 is 24.1 Å². The molecule has 0 bridgehead atoms. The molecule has 1 saturated heterocycles. The lowest BCUT2D eigenvalue weighted by molar-refractivity contribution is -0.168. The first-order chi connectivity index (χ1) is 15.3. The Kier molecular flexibility index (Phi) is 6.88. The summed E-state index contributed by atoms with van der Waals surface area (Å²) in [6, 6.07) is -0.874. The van der Waals surface area contributed by atoms with Crippen molar-refractivity contribution < 1.29 is 28.9 Å². The quantitative estimate of drug-likeness (QED) is 0.448. The van der Waals surface area contributed by atoms with Gasteiger partial charge in [0, 0.05) is 0 Å². The minimum absolute atomic E-state index is 0.162. The number of aliphatic hydroxyl groups excluding tert-OH is 1. The van der Waals surface area contributed by atoms with Gasteiger partial charge in [-0.1, -0.05) is 33.8 Å². The van der Waals surface area contributed by atoms with Crippen molar-refractivity contribution in [3.8, 4) is 0 Å². The van der Waals surface area contributed by atoms with Gasteiger partial charge < -0.3 is 30.8 Å². The molecule has 0 aromatic carbocycles. The molecule has 0 spiro atoms. The lowest BCUT2D eigenvalue weighted by Gasteiger charge is -2.47. The van der Waals surface area contributed by atoms with Crippen molar-refractivity contribution in [1.29, 1.82) is 0 Å². The molecule has 3 aliphatic heterocycles. The molecule has 33 heavy (non-hydrogen) atoms. The molecule has 184 valence electrons. The number of aliphatic imine (C=N–C) groups is 1. The first-order valence-electron chi connectivity index (χ1n) is 11.2. The molecule has 3 aliphatic rings. The average molecular weight is 466 g/mol. The zero-order valence-corrected chi connectivity index (χ0v) is 20.0. The van der Waals surface area contributed by atoms with Gasteiger partial charge in [0.2, 0.25) is 0 Å². The van der Waals surface area contributed by atoms with Gasteiger partial charge in [0.25, 0.3) is 0 Å². The third kappa shape index (κ3) is 4.24. The summed E-state index contributed by atoms with van der Waals surface area (Å²) in [6.07, 6.45) is 0.371. The van der Waals surface area contributed by atoms with Crippen molar-refractivity contribution in [1.82, 2.24) is 5.01 Å². The largest absolute Gasteiger partial charge is 0.463 e. The molecular formula is C22H35N5O6. The molecule has 11 nitrogen and oxygen atoms in total. The van der Waals surface area contributed by atoms with Crippen LogP contribution in [0.3, 0.4) is 0 Å². The number of esters is 2. The number of nitrogens with two attached hydrogens (primary N) is 2. The number of fused-ring (bicyclic) bond motifs is 1. The van der Waals surface area contributed by atoms with Crippen molar-refractivity contribution in [2.75, 3.05) is 6.61 Å². The van der Waals surface area contributed by atoms with Gasteiger partial charge in [-0.05, 0) is 26.2 Å². The molecule has 1 unspecified atom stereocenters. The van der Waals surface area contributed by atoms with Crippen LogP contribution in [0.1, 0.15) is 48.0 Å². The molecule has 0 aliphatic carbocycles. The summed E-state index contributed by atoms with van der Waals surface area (Å²) in [5.41, 5.74) is 10.4. The Hall–Kier alpha value is -2.50. The predicted molar refractivity (Wildman–Crippen MR) is 121 cm³/mol. The van der Waals surface area contributed by atoms with E-state index in [1.54, 1.807) is 39.6 Å². The monoisotopic (exact) mass is 465 g/mol. The van der Waals surface area contributed by atoms with Crippen molar-refractivity contribution in [3.05, 3.63) is 11.8 Å². The maximum Gasteiger partial charge on any atom is 0.323 e. The van der Waals surface area contributed by atoms with Crippen LogP contribution in [0.4, 0.5) is 0 Å². The number of aliphatic hydroxyl groups is 1. The Morgan fingerprint density at radius 3 is 2.58 bits per heavy atom. The third-order valence-electron chi connectivity index (χ3n) is 6.83. The highest BCUT2D eigenvalue weighted by atomic mass is 16.6. The number of amidine groups is 1. The molecule has 0 saturated carbocycles. The van der Waals surface area contributed by atoms with Crippen LogP contribution < -0.4 is 11.5 Å². The minimum Gasteiger partial charge on any atom is -0.463 e. The average Bonchev–Trinajstić information content (AvgIpc) is 3.23. The summed E-state index contributed by atoms with van der Waals surface area (Å²) in [4.78, 5) is 28.8. The van der Waals surface area contributed by atoms with Crippen molar-refractivity contribution in [2.24, 2.45) is 33.4 Å². The maximum atomic E-state index is 12.7.